The molecule has 0 aliphatic carbocycles. The minimum Gasteiger partial charge on any atom is -0.319 e. The molecule has 0 saturated carbocycles. The van der Waals surface area contributed by atoms with Crippen molar-refractivity contribution in [1.29, 1.82) is 0 Å². The standard InChI is InChI=1S/C9H18N4/c1-4-6-9(3,10)8-12-11-7-13(8)5-2/h7H,4-6,10H2,1-3H3. The van der Waals surface area contributed by atoms with Gasteiger partial charge in [-0.15, -0.1) is 10.2 Å². The number of rotatable bonds is 4. The molecule has 0 aliphatic heterocycles. The number of nitrogens with two attached hydrogens (primary N) is 1. The fraction of sp³-hybridized carbons (Fsp3) is 0.778. The summed E-state index contributed by atoms with van der Waals surface area (Å²) in [6.07, 6.45) is 3.73. The van der Waals surface area contributed by atoms with Crippen LogP contribution in [0, 0.1) is 0 Å². The van der Waals surface area contributed by atoms with Gasteiger partial charge in [0.25, 0.3) is 0 Å². The SMILES string of the molecule is CCCC(C)(N)c1nncn1CC. The van der Waals surface area contributed by atoms with Crippen molar-refractivity contribution in [1.82, 2.24) is 14.8 Å². The maximum absolute atomic E-state index is 6.15. The van der Waals surface area contributed by atoms with E-state index in [0.717, 1.165) is 25.2 Å². The van der Waals surface area contributed by atoms with Gasteiger partial charge in [-0.2, -0.15) is 0 Å². The topological polar surface area (TPSA) is 56.7 Å². The van der Waals surface area contributed by atoms with Gasteiger partial charge in [0.05, 0.1) is 5.54 Å². The molecule has 0 radical (unpaired) electrons. The summed E-state index contributed by atoms with van der Waals surface area (Å²) in [6.45, 7) is 7.07. The zero-order chi connectivity index (χ0) is 9.90. The van der Waals surface area contributed by atoms with Gasteiger partial charge in [-0.25, -0.2) is 0 Å². The molecule has 0 bridgehead atoms. The predicted molar refractivity (Wildman–Crippen MR) is 52.1 cm³/mol. The largest absolute Gasteiger partial charge is 0.319 e. The van der Waals surface area contributed by atoms with E-state index in [1.165, 1.54) is 0 Å². The molecule has 1 aromatic heterocycles. The Kier molecular flexibility index (Phi) is 3.03. The van der Waals surface area contributed by atoms with E-state index in [2.05, 4.69) is 24.0 Å². The van der Waals surface area contributed by atoms with Crippen LogP contribution in [-0.4, -0.2) is 14.8 Å². The highest BCUT2D eigenvalue weighted by atomic mass is 15.3. The van der Waals surface area contributed by atoms with E-state index in [1.807, 2.05) is 11.5 Å². The lowest BCUT2D eigenvalue weighted by Crippen LogP contribution is -2.36. The first kappa shape index (κ1) is 10.2. The highest BCUT2D eigenvalue weighted by Gasteiger charge is 2.25. The highest BCUT2D eigenvalue weighted by molar-refractivity contribution is 5.02. The second kappa shape index (κ2) is 3.87. The van der Waals surface area contributed by atoms with E-state index in [-0.39, 0.29) is 5.54 Å². The Hall–Kier alpha value is -0.900. The van der Waals surface area contributed by atoms with E-state index in [9.17, 15) is 0 Å². The summed E-state index contributed by atoms with van der Waals surface area (Å²) < 4.78 is 2.00. The average Bonchev–Trinajstić information content (AvgIpc) is 2.51. The van der Waals surface area contributed by atoms with Crippen molar-refractivity contribution in [3.8, 4) is 0 Å². The van der Waals surface area contributed by atoms with Gasteiger partial charge in [0, 0.05) is 6.54 Å². The quantitative estimate of drug-likeness (QED) is 0.763. The van der Waals surface area contributed by atoms with Crippen LogP contribution in [0.5, 0.6) is 0 Å². The third-order valence-corrected chi connectivity index (χ3v) is 2.24. The monoisotopic (exact) mass is 182 g/mol. The normalized spacial score (nSPS) is 15.7. The maximum Gasteiger partial charge on any atom is 0.152 e. The Morgan fingerprint density at radius 3 is 2.77 bits per heavy atom. The fourth-order valence-electron chi connectivity index (χ4n) is 1.56. The lowest BCUT2D eigenvalue weighted by atomic mass is 9.96. The second-order valence-electron chi connectivity index (χ2n) is 3.61. The molecule has 74 valence electrons. The lowest BCUT2D eigenvalue weighted by molar-refractivity contribution is 0.400. The summed E-state index contributed by atoms with van der Waals surface area (Å²) in [5, 5.41) is 7.94. The first-order valence-corrected chi connectivity index (χ1v) is 4.79. The van der Waals surface area contributed by atoms with Crippen LogP contribution in [0.15, 0.2) is 6.33 Å². The number of aromatic nitrogens is 3. The van der Waals surface area contributed by atoms with Crippen molar-refractivity contribution in [2.45, 2.75) is 45.7 Å². The van der Waals surface area contributed by atoms with Gasteiger partial charge in [-0.1, -0.05) is 13.3 Å². The summed E-state index contributed by atoms with van der Waals surface area (Å²) in [5.74, 6) is 0.886. The molecule has 13 heavy (non-hydrogen) atoms. The van der Waals surface area contributed by atoms with Crippen LogP contribution in [0.3, 0.4) is 0 Å². The van der Waals surface area contributed by atoms with Gasteiger partial charge in [0.15, 0.2) is 5.82 Å². The van der Waals surface area contributed by atoms with Gasteiger partial charge in [0.1, 0.15) is 6.33 Å². The Morgan fingerprint density at radius 2 is 2.23 bits per heavy atom. The highest BCUT2D eigenvalue weighted by Crippen LogP contribution is 2.20. The van der Waals surface area contributed by atoms with Crippen LogP contribution >= 0.6 is 0 Å². The van der Waals surface area contributed by atoms with E-state index in [1.54, 1.807) is 6.33 Å². The molecule has 1 unspecified atom stereocenters. The number of hydrogen-bond donors (Lipinski definition) is 1. The Bertz CT molecular complexity index is 264. The van der Waals surface area contributed by atoms with Crippen molar-refractivity contribution < 1.29 is 0 Å². The summed E-state index contributed by atoms with van der Waals surface area (Å²) in [4.78, 5) is 0. The third-order valence-electron chi connectivity index (χ3n) is 2.24. The Morgan fingerprint density at radius 1 is 1.54 bits per heavy atom. The van der Waals surface area contributed by atoms with Crippen molar-refractivity contribution >= 4 is 0 Å². The molecule has 0 amide bonds. The third kappa shape index (κ3) is 2.06. The molecular weight excluding hydrogens is 164 g/mol. The zero-order valence-corrected chi connectivity index (χ0v) is 8.62. The molecule has 0 spiro atoms. The number of nitrogens with zero attached hydrogens (tertiary/aromatic N) is 3. The molecule has 1 rings (SSSR count). The smallest absolute Gasteiger partial charge is 0.152 e. The van der Waals surface area contributed by atoms with Crippen molar-refractivity contribution in [3.05, 3.63) is 12.2 Å². The number of hydrogen-bond acceptors (Lipinski definition) is 3. The zero-order valence-electron chi connectivity index (χ0n) is 8.62. The molecule has 1 atom stereocenters. The van der Waals surface area contributed by atoms with Crippen molar-refractivity contribution in [2.24, 2.45) is 5.73 Å². The van der Waals surface area contributed by atoms with E-state index >= 15 is 0 Å². The second-order valence-corrected chi connectivity index (χ2v) is 3.61. The van der Waals surface area contributed by atoms with Gasteiger partial charge >= 0.3 is 0 Å². The average molecular weight is 182 g/mol. The van der Waals surface area contributed by atoms with E-state index in [0.29, 0.717) is 0 Å². The van der Waals surface area contributed by atoms with Crippen molar-refractivity contribution in [2.75, 3.05) is 0 Å². The van der Waals surface area contributed by atoms with E-state index < -0.39 is 0 Å². The van der Waals surface area contributed by atoms with E-state index in [4.69, 9.17) is 5.73 Å². The van der Waals surface area contributed by atoms with Crippen LogP contribution in [0.2, 0.25) is 0 Å². The summed E-state index contributed by atoms with van der Waals surface area (Å²) in [5.41, 5.74) is 5.80. The molecule has 1 aromatic rings. The minimum absolute atomic E-state index is 0.346. The van der Waals surface area contributed by atoms with Crippen LogP contribution in [-0.2, 0) is 12.1 Å². The summed E-state index contributed by atoms with van der Waals surface area (Å²) in [7, 11) is 0. The van der Waals surface area contributed by atoms with Gasteiger partial charge < -0.3 is 10.3 Å². The summed E-state index contributed by atoms with van der Waals surface area (Å²) in [6, 6.07) is 0. The molecule has 1 heterocycles. The van der Waals surface area contributed by atoms with Gasteiger partial charge in [-0.05, 0) is 20.3 Å². The molecule has 2 N–H and O–H groups in total. The minimum atomic E-state index is -0.346. The molecule has 4 heteroatoms. The first-order valence-electron chi connectivity index (χ1n) is 4.79. The Balaban J connectivity index is 2.91. The fourth-order valence-corrected chi connectivity index (χ4v) is 1.56. The lowest BCUT2D eigenvalue weighted by Gasteiger charge is -2.23. The van der Waals surface area contributed by atoms with Crippen LogP contribution in [0.1, 0.15) is 39.4 Å². The molecule has 0 fully saturated rings. The molecule has 4 nitrogen and oxygen atoms in total. The first-order chi connectivity index (χ1) is 6.11. The van der Waals surface area contributed by atoms with Crippen LogP contribution in [0.25, 0.3) is 0 Å². The molecule has 0 aromatic carbocycles. The molecule has 0 saturated heterocycles. The van der Waals surface area contributed by atoms with Crippen molar-refractivity contribution in [3.63, 3.8) is 0 Å². The number of aryl methyl sites for hydroxylation is 1. The maximum atomic E-state index is 6.15. The summed E-state index contributed by atoms with van der Waals surface area (Å²) >= 11 is 0. The van der Waals surface area contributed by atoms with Crippen LogP contribution in [0.4, 0.5) is 0 Å². The molecule has 0 aliphatic rings. The Labute approximate surface area is 79.2 Å². The van der Waals surface area contributed by atoms with Gasteiger partial charge in [0.2, 0.25) is 0 Å². The van der Waals surface area contributed by atoms with Crippen LogP contribution < -0.4 is 5.73 Å². The van der Waals surface area contributed by atoms with Gasteiger partial charge in [-0.3, -0.25) is 0 Å². The molecular formula is C9H18N4. The predicted octanol–water partition coefficient (Wildman–Crippen LogP) is 1.27.